The van der Waals surface area contributed by atoms with Gasteiger partial charge in [-0.2, -0.15) is 0 Å². The summed E-state index contributed by atoms with van der Waals surface area (Å²) in [4.78, 5) is 0. The summed E-state index contributed by atoms with van der Waals surface area (Å²) in [5, 5.41) is 2.27. The molecule has 4 aromatic carbocycles. The van der Waals surface area contributed by atoms with Crippen LogP contribution in [0.25, 0.3) is 10.8 Å². The summed E-state index contributed by atoms with van der Waals surface area (Å²) in [6.45, 7) is 0.501. The fraction of sp³-hybridized carbons (Fsp3) is 0.120. The third-order valence-electron chi connectivity index (χ3n) is 4.73. The first kappa shape index (κ1) is 19.6. The maximum atomic E-state index is 13.6. The minimum absolute atomic E-state index is 0.234. The van der Waals surface area contributed by atoms with Gasteiger partial charge in [-0.3, -0.25) is 4.57 Å². The molecule has 3 nitrogen and oxygen atoms in total. The number of hydrogen-bond donors (Lipinski definition) is 0. The van der Waals surface area contributed by atoms with E-state index in [0.717, 1.165) is 27.5 Å². The van der Waals surface area contributed by atoms with Crippen LogP contribution in [0.1, 0.15) is 16.7 Å². The molecule has 0 spiro atoms. The van der Waals surface area contributed by atoms with Gasteiger partial charge in [0.25, 0.3) is 0 Å². The first-order chi connectivity index (χ1) is 14.2. The summed E-state index contributed by atoms with van der Waals surface area (Å²) in [5.74, 6) is 0. The molecule has 0 aromatic heterocycles. The van der Waals surface area contributed by atoms with E-state index in [1.54, 1.807) is 0 Å². The molecule has 0 saturated carbocycles. The van der Waals surface area contributed by atoms with Crippen molar-refractivity contribution < 1.29 is 13.6 Å². The van der Waals surface area contributed by atoms with Gasteiger partial charge in [0.15, 0.2) is 0 Å². The second kappa shape index (κ2) is 9.19. The third-order valence-corrected chi connectivity index (χ3v) is 6.53. The molecule has 29 heavy (non-hydrogen) atoms. The van der Waals surface area contributed by atoms with E-state index in [1.165, 1.54) is 0 Å². The van der Waals surface area contributed by atoms with Gasteiger partial charge in [0.2, 0.25) is 0 Å². The SMILES string of the molecule is O=P(Cc1ccc2ccccc2c1)(OCc1ccccc1)OCc1ccccc1. The average molecular weight is 402 g/mol. The highest BCUT2D eigenvalue weighted by atomic mass is 31.2. The van der Waals surface area contributed by atoms with Crippen LogP contribution in [-0.2, 0) is 33.0 Å². The Kier molecular flexibility index (Phi) is 6.21. The topological polar surface area (TPSA) is 35.5 Å². The summed E-state index contributed by atoms with van der Waals surface area (Å²) < 4.78 is 25.4. The molecule has 0 unspecified atom stereocenters. The lowest BCUT2D eigenvalue weighted by Gasteiger charge is -2.19. The van der Waals surface area contributed by atoms with Crippen molar-refractivity contribution in [3.63, 3.8) is 0 Å². The van der Waals surface area contributed by atoms with Gasteiger partial charge >= 0.3 is 7.60 Å². The Morgan fingerprint density at radius 1 is 0.552 bits per heavy atom. The van der Waals surface area contributed by atoms with E-state index in [1.807, 2.05) is 84.9 Å². The smallest absolute Gasteiger partial charge is 0.304 e. The van der Waals surface area contributed by atoms with Crippen LogP contribution in [0.4, 0.5) is 0 Å². The van der Waals surface area contributed by atoms with Crippen LogP contribution in [-0.4, -0.2) is 0 Å². The van der Waals surface area contributed by atoms with E-state index in [4.69, 9.17) is 9.05 Å². The van der Waals surface area contributed by atoms with E-state index >= 15 is 0 Å². The highest BCUT2D eigenvalue weighted by Gasteiger charge is 2.26. The maximum absolute atomic E-state index is 13.6. The molecule has 0 aliphatic carbocycles. The van der Waals surface area contributed by atoms with Gasteiger partial charge in [0.05, 0.1) is 19.4 Å². The van der Waals surface area contributed by atoms with Crippen LogP contribution >= 0.6 is 7.60 Å². The number of hydrogen-bond acceptors (Lipinski definition) is 3. The van der Waals surface area contributed by atoms with Crippen LogP contribution in [0.15, 0.2) is 103 Å². The summed E-state index contributed by atoms with van der Waals surface area (Å²) in [6.07, 6.45) is 0.234. The fourth-order valence-electron chi connectivity index (χ4n) is 3.18. The Balaban J connectivity index is 1.54. The standard InChI is InChI=1S/C25H23O3P/c26-29(27-18-21-9-3-1-4-10-21,28-19-22-11-5-2-6-12-22)20-23-15-16-24-13-7-8-14-25(24)17-23/h1-17H,18-20H2. The Morgan fingerprint density at radius 2 is 1.07 bits per heavy atom. The minimum atomic E-state index is -3.35. The average Bonchev–Trinajstić information content (AvgIpc) is 2.78. The lowest BCUT2D eigenvalue weighted by Crippen LogP contribution is -2.01. The minimum Gasteiger partial charge on any atom is -0.304 e. The molecular weight excluding hydrogens is 379 g/mol. The number of fused-ring (bicyclic) bond motifs is 1. The van der Waals surface area contributed by atoms with Gasteiger partial charge < -0.3 is 9.05 Å². The first-order valence-electron chi connectivity index (χ1n) is 9.64. The Labute approximate surface area is 171 Å². The monoisotopic (exact) mass is 402 g/mol. The molecule has 0 N–H and O–H groups in total. The van der Waals surface area contributed by atoms with Gasteiger partial charge in [0, 0.05) is 0 Å². The van der Waals surface area contributed by atoms with Crippen LogP contribution in [0.5, 0.6) is 0 Å². The molecule has 0 atom stereocenters. The summed E-state index contributed by atoms with van der Waals surface area (Å²) in [6, 6.07) is 33.7. The predicted octanol–water partition coefficient (Wildman–Crippen LogP) is 6.97. The van der Waals surface area contributed by atoms with Crippen molar-refractivity contribution in [3.05, 3.63) is 120 Å². The van der Waals surface area contributed by atoms with Crippen molar-refractivity contribution in [2.24, 2.45) is 0 Å². The maximum Gasteiger partial charge on any atom is 0.335 e. The van der Waals surface area contributed by atoms with Crippen molar-refractivity contribution in [2.45, 2.75) is 19.4 Å². The molecule has 0 radical (unpaired) electrons. The molecule has 0 amide bonds. The lowest BCUT2D eigenvalue weighted by atomic mass is 10.1. The molecule has 4 aromatic rings. The van der Waals surface area contributed by atoms with Crippen molar-refractivity contribution in [1.82, 2.24) is 0 Å². The van der Waals surface area contributed by atoms with Gasteiger partial charge in [-0.15, -0.1) is 0 Å². The Bertz CT molecular complexity index is 1060. The first-order valence-corrected chi connectivity index (χ1v) is 11.4. The van der Waals surface area contributed by atoms with E-state index in [0.29, 0.717) is 0 Å². The summed E-state index contributed by atoms with van der Waals surface area (Å²) in [5.41, 5.74) is 2.87. The van der Waals surface area contributed by atoms with Crippen molar-refractivity contribution in [3.8, 4) is 0 Å². The molecule has 4 heteroatoms. The van der Waals surface area contributed by atoms with Crippen molar-refractivity contribution >= 4 is 18.4 Å². The predicted molar refractivity (Wildman–Crippen MR) is 118 cm³/mol. The Hall–Kier alpha value is -2.71. The zero-order chi connectivity index (χ0) is 19.9. The molecule has 0 heterocycles. The second-order valence-corrected chi connectivity index (χ2v) is 9.02. The van der Waals surface area contributed by atoms with Crippen LogP contribution in [0, 0.1) is 0 Å². The molecule has 4 rings (SSSR count). The highest BCUT2D eigenvalue weighted by molar-refractivity contribution is 7.52. The van der Waals surface area contributed by atoms with E-state index in [2.05, 4.69) is 18.2 Å². The molecule has 0 aliphatic rings. The van der Waals surface area contributed by atoms with E-state index in [-0.39, 0.29) is 19.4 Å². The highest BCUT2D eigenvalue weighted by Crippen LogP contribution is 2.53. The van der Waals surface area contributed by atoms with Gasteiger partial charge in [-0.1, -0.05) is 103 Å². The quantitative estimate of drug-likeness (QED) is 0.299. The third kappa shape index (κ3) is 5.42. The van der Waals surface area contributed by atoms with Crippen LogP contribution < -0.4 is 0 Å². The lowest BCUT2D eigenvalue weighted by molar-refractivity contribution is 0.190. The summed E-state index contributed by atoms with van der Waals surface area (Å²) in [7, 11) is -3.35. The van der Waals surface area contributed by atoms with Gasteiger partial charge in [-0.25, -0.2) is 0 Å². The summed E-state index contributed by atoms with van der Waals surface area (Å²) >= 11 is 0. The number of benzene rings is 4. The van der Waals surface area contributed by atoms with Crippen LogP contribution in [0.3, 0.4) is 0 Å². The second-order valence-electron chi connectivity index (χ2n) is 6.97. The zero-order valence-corrected chi connectivity index (χ0v) is 17.0. The molecule has 0 saturated heterocycles. The Morgan fingerprint density at radius 3 is 1.66 bits per heavy atom. The molecule has 0 aliphatic heterocycles. The van der Waals surface area contributed by atoms with Gasteiger partial charge in [-0.05, 0) is 27.5 Å². The normalized spacial score (nSPS) is 11.6. The number of rotatable bonds is 8. The zero-order valence-electron chi connectivity index (χ0n) is 16.1. The van der Waals surface area contributed by atoms with Crippen molar-refractivity contribution in [2.75, 3.05) is 0 Å². The molecular formula is C25H23O3P. The largest absolute Gasteiger partial charge is 0.335 e. The van der Waals surface area contributed by atoms with E-state index < -0.39 is 7.60 Å². The van der Waals surface area contributed by atoms with Crippen molar-refractivity contribution in [1.29, 1.82) is 0 Å². The van der Waals surface area contributed by atoms with Gasteiger partial charge in [0.1, 0.15) is 0 Å². The molecule has 146 valence electrons. The van der Waals surface area contributed by atoms with Crippen LogP contribution in [0.2, 0.25) is 0 Å². The van der Waals surface area contributed by atoms with E-state index in [9.17, 15) is 4.57 Å². The molecule has 0 bridgehead atoms. The fourth-order valence-corrected chi connectivity index (χ4v) is 4.78. The molecule has 0 fully saturated rings.